The molecule has 0 aromatic rings. The van der Waals surface area contributed by atoms with E-state index in [0.717, 1.165) is 0 Å². The Labute approximate surface area is 62.0 Å². The van der Waals surface area contributed by atoms with Crippen LogP contribution in [0.15, 0.2) is 5.16 Å². The molecule has 0 aromatic carbocycles. The molecule has 0 saturated carbocycles. The van der Waals surface area contributed by atoms with Crippen LogP contribution in [0.2, 0.25) is 0 Å². The van der Waals surface area contributed by atoms with Crippen molar-refractivity contribution in [3.8, 4) is 0 Å². The summed E-state index contributed by atoms with van der Waals surface area (Å²) in [6, 6.07) is 0. The third-order valence-corrected chi connectivity index (χ3v) is 1.38. The van der Waals surface area contributed by atoms with Crippen molar-refractivity contribution in [2.24, 2.45) is 5.16 Å². The zero-order valence-corrected chi connectivity index (χ0v) is 6.30. The molecule has 0 amide bonds. The molecule has 0 aliphatic rings. The number of hydrogen-bond acceptors (Lipinski definition) is 2. The minimum Gasteiger partial charge on any atom is -0.411 e. The summed E-state index contributed by atoms with van der Waals surface area (Å²) in [7, 11) is 0. The van der Waals surface area contributed by atoms with Gasteiger partial charge in [0.25, 0.3) is 0 Å². The Kier molecular flexibility index (Phi) is 2.88. The maximum atomic E-state index is 8.01. The van der Waals surface area contributed by atoms with E-state index in [1.807, 2.05) is 0 Å². The Hall–Kier alpha value is 0.340. The maximum Gasteiger partial charge on any atom is 0.231 e. The van der Waals surface area contributed by atoms with Gasteiger partial charge in [-0.05, 0) is 6.92 Å². The third kappa shape index (κ3) is 2.60. The fourth-order valence-corrected chi connectivity index (χ4v) is 0.170. The first-order valence-corrected chi connectivity index (χ1v) is 2.87. The van der Waals surface area contributed by atoms with Gasteiger partial charge in [0.1, 0.15) is 5.71 Å². The van der Waals surface area contributed by atoms with Crippen molar-refractivity contribution in [2.75, 3.05) is 0 Å². The van der Waals surface area contributed by atoms with Gasteiger partial charge in [-0.15, -0.1) is 0 Å². The van der Waals surface area contributed by atoms with Gasteiger partial charge in [-0.2, -0.15) is 0 Å². The van der Waals surface area contributed by atoms with Crippen LogP contribution in [-0.2, 0) is 0 Å². The van der Waals surface area contributed by atoms with Gasteiger partial charge < -0.3 is 5.21 Å². The summed E-state index contributed by atoms with van der Waals surface area (Å²) in [6.07, 6.45) is 0. The van der Waals surface area contributed by atoms with Gasteiger partial charge in [0.15, 0.2) is 0 Å². The van der Waals surface area contributed by atoms with Crippen molar-refractivity contribution in [2.45, 2.75) is 10.7 Å². The molecule has 0 spiro atoms. The van der Waals surface area contributed by atoms with Crippen molar-refractivity contribution in [3.05, 3.63) is 0 Å². The van der Waals surface area contributed by atoms with Gasteiger partial charge in [0.05, 0.1) is 0 Å². The Balaban J connectivity index is 4.03. The number of oxime groups is 1. The number of alkyl halides is 3. The molecule has 0 aliphatic heterocycles. The molecule has 2 nitrogen and oxygen atoms in total. The second-order valence-corrected chi connectivity index (χ2v) is 3.46. The van der Waals surface area contributed by atoms with Crippen molar-refractivity contribution in [3.63, 3.8) is 0 Å². The van der Waals surface area contributed by atoms with Gasteiger partial charge in [0, 0.05) is 0 Å². The molecule has 1 N–H and O–H groups in total. The van der Waals surface area contributed by atoms with E-state index >= 15 is 0 Å². The van der Waals surface area contributed by atoms with Crippen LogP contribution in [0.25, 0.3) is 0 Å². The molecule has 48 valence electrons. The van der Waals surface area contributed by atoms with Gasteiger partial charge in [-0.1, -0.05) is 40.0 Å². The molecular formula is C3H4Cl3NO. The van der Waals surface area contributed by atoms with E-state index < -0.39 is 3.79 Å². The Morgan fingerprint density at radius 2 is 1.88 bits per heavy atom. The lowest BCUT2D eigenvalue weighted by Crippen LogP contribution is -2.14. The molecule has 5 heteroatoms. The van der Waals surface area contributed by atoms with E-state index in [0.29, 0.717) is 0 Å². The lowest BCUT2D eigenvalue weighted by Gasteiger charge is -2.05. The minimum absolute atomic E-state index is 0.0579. The molecule has 0 unspecified atom stereocenters. The summed E-state index contributed by atoms with van der Waals surface area (Å²) in [5.41, 5.74) is 0.0579. The lowest BCUT2D eigenvalue weighted by molar-refractivity contribution is 0.318. The highest BCUT2D eigenvalue weighted by Gasteiger charge is 2.23. The second-order valence-electron chi connectivity index (χ2n) is 1.18. The van der Waals surface area contributed by atoms with Crippen LogP contribution < -0.4 is 0 Å². The number of nitrogens with zero attached hydrogens (tertiary/aromatic N) is 1. The molecule has 0 saturated heterocycles. The Bertz CT molecular complexity index is 106. The lowest BCUT2D eigenvalue weighted by atomic mass is 10.5. The topological polar surface area (TPSA) is 32.6 Å². The molecule has 0 radical (unpaired) electrons. The first-order chi connectivity index (χ1) is 3.48. The molecule has 8 heavy (non-hydrogen) atoms. The van der Waals surface area contributed by atoms with Crippen LogP contribution in [-0.4, -0.2) is 14.7 Å². The number of halogens is 3. The van der Waals surface area contributed by atoms with Crippen LogP contribution in [0.5, 0.6) is 0 Å². The van der Waals surface area contributed by atoms with Gasteiger partial charge >= 0.3 is 0 Å². The van der Waals surface area contributed by atoms with Crippen molar-refractivity contribution in [1.29, 1.82) is 0 Å². The predicted molar refractivity (Wildman–Crippen MR) is 35.2 cm³/mol. The Morgan fingerprint density at radius 3 is 1.88 bits per heavy atom. The van der Waals surface area contributed by atoms with Crippen molar-refractivity contribution in [1.82, 2.24) is 0 Å². The van der Waals surface area contributed by atoms with Crippen molar-refractivity contribution >= 4 is 40.5 Å². The number of rotatable bonds is 0. The standard InChI is InChI=1S/C3H4Cl3NO/c1-2(7-8)3(4,5)6/h8H,1H3/b7-2-. The van der Waals surface area contributed by atoms with E-state index in [1.54, 1.807) is 0 Å². The van der Waals surface area contributed by atoms with E-state index in [-0.39, 0.29) is 5.71 Å². The Morgan fingerprint density at radius 1 is 1.50 bits per heavy atom. The van der Waals surface area contributed by atoms with E-state index in [2.05, 4.69) is 5.16 Å². The zero-order chi connectivity index (χ0) is 6.78. The fraction of sp³-hybridized carbons (Fsp3) is 0.667. The fourth-order valence-electron chi connectivity index (χ4n) is 0.0567. The van der Waals surface area contributed by atoms with Gasteiger partial charge in [-0.3, -0.25) is 0 Å². The SMILES string of the molecule is C/C(=N/O)C(Cl)(Cl)Cl. The van der Waals surface area contributed by atoms with Crippen LogP contribution in [0.3, 0.4) is 0 Å². The molecule has 0 fully saturated rings. The van der Waals surface area contributed by atoms with Crippen LogP contribution in [0.4, 0.5) is 0 Å². The van der Waals surface area contributed by atoms with E-state index in [1.165, 1.54) is 6.92 Å². The summed E-state index contributed by atoms with van der Waals surface area (Å²) in [4.78, 5) is 0. The summed E-state index contributed by atoms with van der Waals surface area (Å²) in [5, 5.41) is 10.7. The summed E-state index contributed by atoms with van der Waals surface area (Å²) in [6.45, 7) is 1.41. The molecule has 0 atom stereocenters. The quantitative estimate of drug-likeness (QED) is 0.261. The van der Waals surface area contributed by atoms with Crippen molar-refractivity contribution < 1.29 is 5.21 Å². The van der Waals surface area contributed by atoms with Gasteiger partial charge in [0.2, 0.25) is 3.79 Å². The van der Waals surface area contributed by atoms with Crippen LogP contribution >= 0.6 is 34.8 Å². The molecule has 0 rings (SSSR count). The average Bonchev–Trinajstić information content (AvgIpc) is 1.62. The average molecular weight is 176 g/mol. The first kappa shape index (κ1) is 8.34. The van der Waals surface area contributed by atoms with Crippen LogP contribution in [0.1, 0.15) is 6.92 Å². The minimum atomic E-state index is -1.57. The first-order valence-electron chi connectivity index (χ1n) is 1.74. The largest absolute Gasteiger partial charge is 0.411 e. The maximum absolute atomic E-state index is 8.01. The molecule has 0 aromatic heterocycles. The highest BCUT2D eigenvalue weighted by molar-refractivity contribution is 6.76. The highest BCUT2D eigenvalue weighted by Crippen LogP contribution is 2.27. The molecule has 0 heterocycles. The summed E-state index contributed by atoms with van der Waals surface area (Å²) < 4.78 is -1.57. The molecule has 0 aliphatic carbocycles. The van der Waals surface area contributed by atoms with Crippen LogP contribution in [0, 0.1) is 0 Å². The highest BCUT2D eigenvalue weighted by atomic mass is 35.6. The third-order valence-electron chi connectivity index (χ3n) is 0.560. The monoisotopic (exact) mass is 175 g/mol. The molecular weight excluding hydrogens is 172 g/mol. The second kappa shape index (κ2) is 2.76. The molecule has 0 bridgehead atoms. The zero-order valence-electron chi connectivity index (χ0n) is 4.03. The summed E-state index contributed by atoms with van der Waals surface area (Å²) >= 11 is 15.7. The normalized spacial score (nSPS) is 14.2. The smallest absolute Gasteiger partial charge is 0.231 e. The predicted octanol–water partition coefficient (Wildman–Crippen LogP) is 2.21. The summed E-state index contributed by atoms with van der Waals surface area (Å²) in [5.74, 6) is 0. The number of hydrogen-bond donors (Lipinski definition) is 1. The van der Waals surface area contributed by atoms with Gasteiger partial charge in [-0.25, -0.2) is 0 Å². The van der Waals surface area contributed by atoms with E-state index in [9.17, 15) is 0 Å². The van der Waals surface area contributed by atoms with E-state index in [4.69, 9.17) is 40.0 Å².